The minimum absolute atomic E-state index is 0.0140. The predicted octanol–water partition coefficient (Wildman–Crippen LogP) is 2.98. The average Bonchev–Trinajstić information content (AvgIpc) is 3.84. The van der Waals surface area contributed by atoms with Gasteiger partial charge in [-0.05, 0) is 84.4 Å². The summed E-state index contributed by atoms with van der Waals surface area (Å²) in [5.74, 6) is -4.02. The quantitative estimate of drug-likeness (QED) is 0.174. The number of aromatic nitrogens is 5. The predicted molar refractivity (Wildman–Crippen MR) is 202 cm³/mol. The maximum atomic E-state index is 14.2. The van der Waals surface area contributed by atoms with Crippen molar-refractivity contribution >= 4 is 75.3 Å². The number of hydrogen-bond donors (Lipinski definition) is 3. The van der Waals surface area contributed by atoms with Crippen LogP contribution in [0.3, 0.4) is 0 Å². The minimum Gasteiger partial charge on any atom is -0.477 e. The first kappa shape index (κ1) is 37.6. The number of rotatable bonds is 10. The molecule has 2 fully saturated rings. The summed E-state index contributed by atoms with van der Waals surface area (Å²) in [4.78, 5) is 85.0. The first-order valence-corrected chi connectivity index (χ1v) is 17.9. The number of amides is 4. The van der Waals surface area contributed by atoms with Crippen molar-refractivity contribution in [3.63, 3.8) is 0 Å². The molecular weight excluding hydrogens is 748 g/mol. The second-order valence-corrected chi connectivity index (χ2v) is 14.0. The molecule has 2 aromatic heterocycles. The van der Waals surface area contributed by atoms with Gasteiger partial charge in [-0.2, -0.15) is 4.68 Å². The molecule has 3 N–H and O–H groups in total. The molecule has 2 saturated heterocycles. The number of carbonyl (C=O) groups is 6. The zero-order valence-electron chi connectivity index (χ0n) is 30.1. The van der Waals surface area contributed by atoms with Gasteiger partial charge >= 0.3 is 23.9 Å². The Morgan fingerprint density at radius 3 is 2.27 bits per heavy atom. The van der Waals surface area contributed by atoms with Gasteiger partial charge in [0.15, 0.2) is 0 Å². The zero-order chi connectivity index (χ0) is 39.8. The van der Waals surface area contributed by atoms with E-state index in [1.165, 1.54) is 51.1 Å². The molecule has 4 heterocycles. The average molecular weight is 783 g/mol. The number of nitrogens with one attached hydrogen (secondary N) is 1. The lowest BCUT2D eigenvalue weighted by Gasteiger charge is -2.38. The first-order chi connectivity index (χ1) is 26.8. The largest absolute Gasteiger partial charge is 0.477 e. The summed E-state index contributed by atoms with van der Waals surface area (Å²) in [6, 6.07) is 16.2. The van der Waals surface area contributed by atoms with Crippen LogP contribution in [-0.4, -0.2) is 125 Å². The van der Waals surface area contributed by atoms with Crippen LogP contribution in [0.15, 0.2) is 73.1 Å². The van der Waals surface area contributed by atoms with Gasteiger partial charge in [-0.25, -0.2) is 14.2 Å². The number of anilines is 3. The Hall–Kier alpha value is -6.66. The minimum atomic E-state index is -1.49. The molecule has 2 aliphatic rings. The molecule has 0 radical (unpaired) electrons. The molecule has 4 amide bonds. The molecule has 0 spiro atoms. The van der Waals surface area contributed by atoms with E-state index < -0.39 is 41.5 Å². The zero-order valence-corrected chi connectivity index (χ0v) is 30.8. The lowest BCUT2D eigenvalue weighted by atomic mass is 10.0. The fourth-order valence-electron chi connectivity index (χ4n) is 7.02. The molecule has 0 saturated carbocycles. The molecule has 0 aliphatic carbocycles. The summed E-state index contributed by atoms with van der Waals surface area (Å²) < 4.78 is 1.95. The number of halogens is 1. The molecule has 56 heavy (non-hydrogen) atoms. The van der Waals surface area contributed by atoms with Gasteiger partial charge in [0.2, 0.25) is 11.8 Å². The van der Waals surface area contributed by atoms with E-state index in [9.17, 15) is 39.0 Å². The summed E-state index contributed by atoms with van der Waals surface area (Å²) in [5.41, 5.74) is 1.81. The van der Waals surface area contributed by atoms with Crippen LogP contribution >= 0.6 is 11.6 Å². The maximum Gasteiger partial charge on any atom is 0.416 e. The van der Waals surface area contributed by atoms with Crippen molar-refractivity contribution in [2.24, 2.45) is 0 Å². The molecule has 3 aromatic carbocycles. The van der Waals surface area contributed by atoms with E-state index >= 15 is 0 Å². The Kier molecular flexibility index (Phi) is 10.2. The summed E-state index contributed by atoms with van der Waals surface area (Å²) >= 11 is 6.30. The number of carbonyl (C=O) groups excluding carboxylic acids is 4. The van der Waals surface area contributed by atoms with E-state index in [0.717, 1.165) is 0 Å². The first-order valence-electron chi connectivity index (χ1n) is 17.5. The number of carboxylic acid groups (broad SMARTS) is 2. The molecule has 19 heteroatoms. The monoisotopic (exact) mass is 782 g/mol. The fraction of sp³-hybridized carbons (Fsp3) is 0.270. The summed E-state index contributed by atoms with van der Waals surface area (Å²) in [7, 11) is 0. The number of piperazine rings is 2. The Labute approximate surface area is 323 Å². The van der Waals surface area contributed by atoms with E-state index in [4.69, 9.17) is 11.6 Å². The highest BCUT2D eigenvalue weighted by Crippen LogP contribution is 2.31. The number of tetrazole rings is 1. The van der Waals surface area contributed by atoms with Gasteiger partial charge in [0.05, 0.1) is 23.4 Å². The van der Waals surface area contributed by atoms with Crippen LogP contribution in [-0.2, 0) is 25.6 Å². The second-order valence-electron chi connectivity index (χ2n) is 13.6. The van der Waals surface area contributed by atoms with Crippen LogP contribution in [0.2, 0.25) is 5.02 Å². The highest BCUT2D eigenvalue weighted by Gasteiger charge is 2.41. The number of hydrogen-bond acceptors (Lipinski definition) is 10. The molecule has 18 nitrogen and oxygen atoms in total. The van der Waals surface area contributed by atoms with Gasteiger partial charge in [0.1, 0.15) is 18.1 Å². The Balaban J connectivity index is 1.18. The Morgan fingerprint density at radius 1 is 0.857 bits per heavy atom. The highest BCUT2D eigenvalue weighted by atomic mass is 35.5. The van der Waals surface area contributed by atoms with Gasteiger partial charge in [0.25, 0.3) is 0 Å². The molecular formula is C37H35ClN10O8. The number of aromatic carboxylic acids is 1. The molecule has 1 unspecified atom stereocenters. The van der Waals surface area contributed by atoms with Crippen LogP contribution in [0.4, 0.5) is 21.9 Å². The Morgan fingerprint density at radius 2 is 1.61 bits per heavy atom. The van der Waals surface area contributed by atoms with E-state index in [1.807, 2.05) is 13.8 Å². The smallest absolute Gasteiger partial charge is 0.416 e. The second kappa shape index (κ2) is 15.2. The normalized spacial score (nSPS) is 15.9. The van der Waals surface area contributed by atoms with Crippen molar-refractivity contribution in [1.82, 2.24) is 34.6 Å². The van der Waals surface area contributed by atoms with Crippen LogP contribution in [0.25, 0.3) is 16.6 Å². The van der Waals surface area contributed by atoms with Gasteiger partial charge in [0, 0.05) is 60.4 Å². The highest BCUT2D eigenvalue weighted by molar-refractivity contribution is 6.41. The van der Waals surface area contributed by atoms with Gasteiger partial charge in [-0.1, -0.05) is 23.7 Å². The third-order valence-electron chi connectivity index (χ3n) is 9.89. The van der Waals surface area contributed by atoms with Gasteiger partial charge in [-0.15, -0.1) is 5.10 Å². The number of nitrogens with zero attached hydrogens (tertiary/aromatic N) is 9. The van der Waals surface area contributed by atoms with Crippen LogP contribution in [0.1, 0.15) is 29.9 Å². The molecule has 5 aromatic rings. The summed E-state index contributed by atoms with van der Waals surface area (Å²) in [6.45, 7) is 5.53. The van der Waals surface area contributed by atoms with Crippen molar-refractivity contribution < 1.29 is 39.0 Å². The van der Waals surface area contributed by atoms with Crippen molar-refractivity contribution in [2.45, 2.75) is 32.4 Å². The standard InChI is InChI=1S/C37H35ClN10O8/c1-21(2)43-11-12-44(32(49)19-43)26-7-3-22(4-8-26)15-30(33(50)40-25-6-10-27-23(16-25)17-31(36(53)54)48(27)37(55)56)46-14-13-45(34(51)35(46)52)29-18-24(38)5-9-28(29)47-20-39-41-42-47/h3-10,16-18,20-21,30H,11-15,19H2,1-2H3,(H,40,50)(H,53,54)(H,55,56). The summed E-state index contributed by atoms with van der Waals surface area (Å²) in [6.07, 6.45) is -0.181. The SMILES string of the molecule is CC(C)N1CCN(c2ccc(CC(C(=O)Nc3ccc4c(c3)cc(C(=O)O)n4C(=O)O)N3CCN(c4cc(Cl)ccc4-n4cnnn4)C(=O)C3=O)cc2)C(=O)C1. The third-order valence-corrected chi connectivity index (χ3v) is 10.1. The lowest BCUT2D eigenvalue weighted by molar-refractivity contribution is -0.149. The molecule has 7 rings (SSSR count). The van der Waals surface area contributed by atoms with Gasteiger partial charge < -0.3 is 30.2 Å². The summed E-state index contributed by atoms with van der Waals surface area (Å²) in [5, 5.41) is 33.7. The van der Waals surface area contributed by atoms with Crippen molar-refractivity contribution in [1.29, 1.82) is 0 Å². The molecule has 1 atom stereocenters. The van der Waals surface area contributed by atoms with Crippen molar-refractivity contribution in [2.75, 3.05) is 47.8 Å². The van der Waals surface area contributed by atoms with E-state index in [0.29, 0.717) is 46.2 Å². The van der Waals surface area contributed by atoms with E-state index in [-0.39, 0.29) is 53.7 Å². The van der Waals surface area contributed by atoms with Crippen LogP contribution < -0.4 is 15.1 Å². The molecule has 0 bridgehead atoms. The van der Waals surface area contributed by atoms with Crippen LogP contribution in [0.5, 0.6) is 0 Å². The number of carboxylic acids is 1. The van der Waals surface area contributed by atoms with Crippen LogP contribution in [0, 0.1) is 0 Å². The molecule has 288 valence electrons. The van der Waals surface area contributed by atoms with E-state index in [2.05, 4.69) is 25.7 Å². The van der Waals surface area contributed by atoms with Crippen molar-refractivity contribution in [3.05, 3.63) is 89.3 Å². The maximum absolute atomic E-state index is 14.2. The Bertz CT molecular complexity index is 2380. The number of fused-ring (bicyclic) bond motifs is 1. The number of benzene rings is 3. The van der Waals surface area contributed by atoms with Crippen molar-refractivity contribution in [3.8, 4) is 5.69 Å². The topological polar surface area (TPSA) is 216 Å². The van der Waals surface area contributed by atoms with Gasteiger partial charge in [-0.3, -0.25) is 24.1 Å². The fourth-order valence-corrected chi connectivity index (χ4v) is 7.19. The lowest BCUT2D eigenvalue weighted by Crippen LogP contribution is -2.60. The molecule has 2 aliphatic heterocycles. The third kappa shape index (κ3) is 7.26. The van der Waals surface area contributed by atoms with E-state index in [1.54, 1.807) is 41.3 Å².